The van der Waals surface area contributed by atoms with Crippen molar-refractivity contribution in [3.63, 3.8) is 0 Å². The van der Waals surface area contributed by atoms with Gasteiger partial charge >= 0.3 is 12.1 Å². The number of hydrogen-bond acceptors (Lipinski definition) is 3. The highest BCUT2D eigenvalue weighted by atomic mass is 19.4. The molecular weight excluding hydrogens is 263 g/mol. The van der Waals surface area contributed by atoms with Crippen LogP contribution in [-0.4, -0.2) is 25.0 Å². The van der Waals surface area contributed by atoms with Gasteiger partial charge in [0.15, 0.2) is 0 Å². The van der Waals surface area contributed by atoms with Crippen molar-refractivity contribution in [2.45, 2.75) is 19.1 Å². The van der Waals surface area contributed by atoms with Crippen LogP contribution in [0.5, 0.6) is 0 Å². The lowest BCUT2D eigenvalue weighted by molar-refractivity contribution is -0.142. The molecule has 7 heteroatoms. The van der Waals surface area contributed by atoms with E-state index in [0.29, 0.717) is 0 Å². The maximum absolute atomic E-state index is 12.7. The molecule has 0 saturated carbocycles. The smallest absolute Gasteiger partial charge is 0.417 e. The molecule has 1 atom stereocenters. The number of nitrogens with one attached hydrogen (secondary N) is 1. The lowest BCUT2D eigenvalue weighted by Gasteiger charge is -2.15. The van der Waals surface area contributed by atoms with Gasteiger partial charge in [0.2, 0.25) is 0 Å². The molecule has 104 valence electrons. The van der Waals surface area contributed by atoms with E-state index in [1.165, 1.54) is 19.1 Å². The number of carbonyl (C=O) groups is 2. The van der Waals surface area contributed by atoms with Crippen molar-refractivity contribution in [2.24, 2.45) is 0 Å². The second kappa shape index (κ2) is 5.73. The summed E-state index contributed by atoms with van der Waals surface area (Å²) < 4.78 is 42.5. The highest BCUT2D eigenvalue weighted by Gasteiger charge is 2.35. The summed E-state index contributed by atoms with van der Waals surface area (Å²) in [5, 5.41) is 2.15. The van der Waals surface area contributed by atoms with Crippen molar-refractivity contribution in [2.75, 3.05) is 7.11 Å². The average Bonchev–Trinajstić information content (AvgIpc) is 2.36. The van der Waals surface area contributed by atoms with Crippen molar-refractivity contribution in [3.8, 4) is 0 Å². The molecule has 0 bridgehead atoms. The van der Waals surface area contributed by atoms with Crippen LogP contribution in [0.25, 0.3) is 0 Å². The molecule has 1 amide bonds. The van der Waals surface area contributed by atoms with Crippen molar-refractivity contribution in [1.29, 1.82) is 0 Å². The Balaban J connectivity index is 2.98. The lowest BCUT2D eigenvalue weighted by atomic mass is 10.1. The minimum absolute atomic E-state index is 0.536. The van der Waals surface area contributed by atoms with Crippen LogP contribution in [0, 0.1) is 0 Å². The van der Waals surface area contributed by atoms with Gasteiger partial charge in [0, 0.05) is 0 Å². The molecule has 1 aromatic rings. The van der Waals surface area contributed by atoms with Gasteiger partial charge in [-0.05, 0) is 19.1 Å². The van der Waals surface area contributed by atoms with Crippen LogP contribution in [0.15, 0.2) is 24.3 Å². The molecule has 0 saturated heterocycles. The van der Waals surface area contributed by atoms with Crippen LogP contribution in [0.3, 0.4) is 0 Å². The third-order valence-electron chi connectivity index (χ3n) is 2.38. The summed E-state index contributed by atoms with van der Waals surface area (Å²) >= 11 is 0. The van der Waals surface area contributed by atoms with Gasteiger partial charge in [-0.3, -0.25) is 4.79 Å². The number of esters is 1. The first kappa shape index (κ1) is 15.0. The molecule has 1 unspecified atom stereocenters. The van der Waals surface area contributed by atoms with E-state index < -0.39 is 35.2 Å². The number of methoxy groups -OCH3 is 1. The maximum Gasteiger partial charge on any atom is 0.417 e. The number of hydrogen-bond donors (Lipinski definition) is 1. The Morgan fingerprint density at radius 2 is 1.84 bits per heavy atom. The molecule has 4 nitrogen and oxygen atoms in total. The van der Waals surface area contributed by atoms with Crippen molar-refractivity contribution in [1.82, 2.24) is 5.32 Å². The number of halogens is 3. The Morgan fingerprint density at radius 1 is 1.26 bits per heavy atom. The molecule has 0 radical (unpaired) electrons. The van der Waals surface area contributed by atoms with E-state index in [1.54, 1.807) is 0 Å². The van der Waals surface area contributed by atoms with Gasteiger partial charge in [-0.25, -0.2) is 4.79 Å². The molecule has 19 heavy (non-hydrogen) atoms. The summed E-state index contributed by atoms with van der Waals surface area (Å²) in [5.74, 6) is -1.72. The largest absolute Gasteiger partial charge is 0.467 e. The first-order chi connectivity index (χ1) is 8.77. The summed E-state index contributed by atoms with van der Waals surface area (Å²) in [5.41, 5.74) is -1.59. The zero-order chi connectivity index (χ0) is 14.6. The maximum atomic E-state index is 12.7. The number of carbonyl (C=O) groups excluding carboxylic acids is 2. The van der Waals surface area contributed by atoms with Gasteiger partial charge in [0.25, 0.3) is 5.91 Å². The van der Waals surface area contributed by atoms with Crippen molar-refractivity contribution >= 4 is 11.9 Å². The second-order valence-electron chi connectivity index (χ2n) is 3.76. The van der Waals surface area contributed by atoms with Crippen LogP contribution in [-0.2, 0) is 15.7 Å². The number of amides is 1. The van der Waals surface area contributed by atoms with Crippen LogP contribution in [0.1, 0.15) is 22.8 Å². The van der Waals surface area contributed by atoms with Crippen molar-refractivity contribution < 1.29 is 27.5 Å². The van der Waals surface area contributed by atoms with Crippen LogP contribution < -0.4 is 5.32 Å². The fraction of sp³-hybridized carbons (Fsp3) is 0.333. The standard InChI is InChI=1S/C12H12F3NO3/c1-7(11(18)19-2)16-10(17)8-5-3-4-6-9(8)12(13,14)15/h3-7H,1-2H3,(H,16,17). The fourth-order valence-electron chi connectivity index (χ4n) is 1.44. The Bertz CT molecular complexity index is 485. The molecular formula is C12H12F3NO3. The van der Waals surface area contributed by atoms with E-state index in [0.717, 1.165) is 19.2 Å². The molecule has 0 aliphatic rings. The normalized spacial score (nSPS) is 12.7. The van der Waals surface area contributed by atoms with Crippen LogP contribution >= 0.6 is 0 Å². The fourth-order valence-corrected chi connectivity index (χ4v) is 1.44. The number of alkyl halides is 3. The first-order valence-corrected chi connectivity index (χ1v) is 5.32. The monoisotopic (exact) mass is 275 g/mol. The number of ether oxygens (including phenoxy) is 1. The second-order valence-corrected chi connectivity index (χ2v) is 3.76. The Labute approximate surface area is 107 Å². The minimum Gasteiger partial charge on any atom is -0.467 e. The zero-order valence-electron chi connectivity index (χ0n) is 10.2. The molecule has 0 aliphatic carbocycles. The Kier molecular flexibility index (Phi) is 4.52. The average molecular weight is 275 g/mol. The molecule has 0 aromatic heterocycles. The SMILES string of the molecule is COC(=O)C(C)NC(=O)c1ccccc1C(F)(F)F. The topological polar surface area (TPSA) is 55.4 Å². The number of rotatable bonds is 3. The summed E-state index contributed by atoms with van der Waals surface area (Å²) in [7, 11) is 1.12. The number of benzene rings is 1. The Hall–Kier alpha value is -2.05. The molecule has 1 aromatic carbocycles. The Morgan fingerprint density at radius 3 is 2.37 bits per heavy atom. The van der Waals surface area contributed by atoms with Crippen LogP contribution in [0.2, 0.25) is 0 Å². The lowest BCUT2D eigenvalue weighted by Crippen LogP contribution is -2.39. The molecule has 1 N–H and O–H groups in total. The quantitative estimate of drug-likeness (QED) is 0.858. The van der Waals surface area contributed by atoms with E-state index in [9.17, 15) is 22.8 Å². The molecule has 0 aliphatic heterocycles. The highest BCUT2D eigenvalue weighted by molar-refractivity contribution is 5.98. The van der Waals surface area contributed by atoms with Gasteiger partial charge in [-0.15, -0.1) is 0 Å². The van der Waals surface area contributed by atoms with Gasteiger partial charge in [-0.2, -0.15) is 13.2 Å². The van der Waals surface area contributed by atoms with E-state index in [-0.39, 0.29) is 0 Å². The molecule has 0 fully saturated rings. The third kappa shape index (κ3) is 3.70. The van der Waals surface area contributed by atoms with Gasteiger partial charge < -0.3 is 10.1 Å². The minimum atomic E-state index is -4.64. The summed E-state index contributed by atoms with van der Waals surface area (Å²) in [4.78, 5) is 22.8. The highest BCUT2D eigenvalue weighted by Crippen LogP contribution is 2.31. The third-order valence-corrected chi connectivity index (χ3v) is 2.38. The summed E-state index contributed by atoms with van der Waals surface area (Å²) in [6, 6.07) is 3.31. The van der Waals surface area contributed by atoms with Crippen LogP contribution in [0.4, 0.5) is 13.2 Å². The van der Waals surface area contributed by atoms with E-state index in [1.807, 2.05) is 0 Å². The van der Waals surface area contributed by atoms with E-state index in [2.05, 4.69) is 10.1 Å². The zero-order valence-corrected chi connectivity index (χ0v) is 10.2. The van der Waals surface area contributed by atoms with Gasteiger partial charge in [0.1, 0.15) is 6.04 Å². The molecule has 0 heterocycles. The van der Waals surface area contributed by atoms with Gasteiger partial charge in [-0.1, -0.05) is 12.1 Å². The van der Waals surface area contributed by atoms with E-state index in [4.69, 9.17) is 0 Å². The summed E-state index contributed by atoms with van der Waals surface area (Å²) in [6.07, 6.45) is -4.64. The first-order valence-electron chi connectivity index (χ1n) is 5.32. The summed E-state index contributed by atoms with van der Waals surface area (Å²) in [6.45, 7) is 1.32. The molecule has 0 spiro atoms. The van der Waals surface area contributed by atoms with E-state index >= 15 is 0 Å². The predicted octanol–water partition coefficient (Wildman–Crippen LogP) is 2.00. The van der Waals surface area contributed by atoms with Gasteiger partial charge in [0.05, 0.1) is 18.2 Å². The van der Waals surface area contributed by atoms with Crippen molar-refractivity contribution in [3.05, 3.63) is 35.4 Å². The predicted molar refractivity (Wildman–Crippen MR) is 60.4 cm³/mol. The molecule has 1 rings (SSSR count).